The maximum Gasteiger partial charge on any atom is 0.253 e. The van der Waals surface area contributed by atoms with Gasteiger partial charge in [-0.1, -0.05) is 37.3 Å². The van der Waals surface area contributed by atoms with Crippen molar-refractivity contribution in [3.05, 3.63) is 59.9 Å². The van der Waals surface area contributed by atoms with Crippen LogP contribution in [-0.2, 0) is 0 Å². The van der Waals surface area contributed by atoms with Crippen LogP contribution in [0.25, 0.3) is 0 Å². The van der Waals surface area contributed by atoms with E-state index in [1.807, 2.05) is 49.5 Å². The third-order valence-corrected chi connectivity index (χ3v) is 4.82. The van der Waals surface area contributed by atoms with Crippen LogP contribution in [0, 0.1) is 0 Å². The molecule has 1 aliphatic heterocycles. The first-order valence-corrected chi connectivity index (χ1v) is 8.95. The minimum atomic E-state index is -0.0853. The van der Waals surface area contributed by atoms with Crippen LogP contribution in [-0.4, -0.2) is 48.5 Å². The predicted octanol–water partition coefficient (Wildman–Crippen LogP) is 2.71. The van der Waals surface area contributed by atoms with Crippen molar-refractivity contribution in [3.8, 4) is 0 Å². The number of carbonyl (C=O) groups is 1. The van der Waals surface area contributed by atoms with Crippen LogP contribution in [0.15, 0.2) is 48.8 Å². The highest BCUT2D eigenvalue weighted by molar-refractivity contribution is 5.95. The molecule has 1 aromatic heterocycles. The van der Waals surface area contributed by atoms with Crippen LogP contribution in [0.5, 0.6) is 0 Å². The Balaban J connectivity index is 1.66. The lowest BCUT2D eigenvalue weighted by Gasteiger charge is -2.35. The highest BCUT2D eigenvalue weighted by Gasteiger charge is 2.18. The standard InChI is InChI=1S/C20H26N4O/c1-3-23-9-11-24(12-10-23)19-13-18(14-21-15-19)20(25)22-16(2)17-7-5-4-6-8-17/h4-8,13-16H,3,9-12H2,1-2H3,(H,22,25). The number of nitrogens with one attached hydrogen (secondary N) is 1. The van der Waals surface area contributed by atoms with E-state index in [0.29, 0.717) is 5.56 Å². The van der Waals surface area contributed by atoms with Gasteiger partial charge in [-0.05, 0) is 25.1 Å². The van der Waals surface area contributed by atoms with Gasteiger partial charge in [0.15, 0.2) is 0 Å². The van der Waals surface area contributed by atoms with Crippen molar-refractivity contribution >= 4 is 11.6 Å². The quantitative estimate of drug-likeness (QED) is 0.911. The molecule has 0 aliphatic carbocycles. The van der Waals surface area contributed by atoms with E-state index in [1.165, 1.54) is 0 Å². The number of amides is 1. The third kappa shape index (κ3) is 4.37. The van der Waals surface area contributed by atoms with E-state index in [9.17, 15) is 4.79 Å². The summed E-state index contributed by atoms with van der Waals surface area (Å²) >= 11 is 0. The van der Waals surface area contributed by atoms with Crippen molar-refractivity contribution in [1.82, 2.24) is 15.2 Å². The van der Waals surface area contributed by atoms with Gasteiger partial charge >= 0.3 is 0 Å². The number of rotatable bonds is 5. The number of piperazine rings is 1. The van der Waals surface area contributed by atoms with E-state index in [0.717, 1.165) is 44.0 Å². The molecule has 1 aromatic carbocycles. The molecule has 1 saturated heterocycles. The fourth-order valence-electron chi connectivity index (χ4n) is 3.15. The zero-order chi connectivity index (χ0) is 17.6. The number of hydrogen-bond donors (Lipinski definition) is 1. The number of nitrogens with zero attached hydrogens (tertiary/aromatic N) is 3. The second-order valence-corrected chi connectivity index (χ2v) is 6.46. The Bertz CT molecular complexity index is 696. The monoisotopic (exact) mass is 338 g/mol. The van der Waals surface area contributed by atoms with E-state index in [-0.39, 0.29) is 11.9 Å². The Hall–Kier alpha value is -2.40. The molecule has 0 bridgehead atoms. The number of carbonyl (C=O) groups excluding carboxylic acids is 1. The topological polar surface area (TPSA) is 48.5 Å². The highest BCUT2D eigenvalue weighted by atomic mass is 16.1. The van der Waals surface area contributed by atoms with Gasteiger partial charge in [0.1, 0.15) is 0 Å². The lowest BCUT2D eigenvalue weighted by atomic mass is 10.1. The van der Waals surface area contributed by atoms with Gasteiger partial charge in [-0.3, -0.25) is 9.78 Å². The lowest BCUT2D eigenvalue weighted by molar-refractivity contribution is 0.0939. The summed E-state index contributed by atoms with van der Waals surface area (Å²) in [6, 6.07) is 11.9. The molecule has 0 spiro atoms. The van der Waals surface area contributed by atoms with Gasteiger partial charge in [-0.2, -0.15) is 0 Å². The van der Waals surface area contributed by atoms with Gasteiger partial charge in [-0.15, -0.1) is 0 Å². The molecule has 132 valence electrons. The summed E-state index contributed by atoms with van der Waals surface area (Å²) in [5, 5.41) is 3.05. The van der Waals surface area contributed by atoms with Crippen LogP contribution >= 0.6 is 0 Å². The average molecular weight is 338 g/mol. The number of aromatic nitrogens is 1. The van der Waals surface area contributed by atoms with Crippen LogP contribution in [0.1, 0.15) is 35.8 Å². The Morgan fingerprint density at radius 2 is 1.88 bits per heavy atom. The minimum absolute atomic E-state index is 0.0366. The predicted molar refractivity (Wildman–Crippen MR) is 101 cm³/mol. The van der Waals surface area contributed by atoms with Gasteiger partial charge in [-0.25, -0.2) is 0 Å². The fraction of sp³-hybridized carbons (Fsp3) is 0.400. The molecule has 5 heteroatoms. The van der Waals surface area contributed by atoms with E-state index >= 15 is 0 Å². The molecule has 2 aromatic rings. The van der Waals surface area contributed by atoms with Crippen molar-refractivity contribution < 1.29 is 4.79 Å². The van der Waals surface area contributed by atoms with Gasteiger partial charge in [0.05, 0.1) is 23.5 Å². The van der Waals surface area contributed by atoms with Crippen molar-refractivity contribution in [3.63, 3.8) is 0 Å². The van der Waals surface area contributed by atoms with Crippen molar-refractivity contribution in [2.45, 2.75) is 19.9 Å². The van der Waals surface area contributed by atoms with E-state index in [1.54, 1.807) is 6.20 Å². The Morgan fingerprint density at radius 3 is 2.56 bits per heavy atom. The van der Waals surface area contributed by atoms with Crippen LogP contribution in [0.4, 0.5) is 5.69 Å². The lowest BCUT2D eigenvalue weighted by Crippen LogP contribution is -2.46. The number of pyridine rings is 1. The summed E-state index contributed by atoms with van der Waals surface area (Å²) in [5.74, 6) is -0.0853. The molecule has 3 rings (SSSR count). The van der Waals surface area contributed by atoms with Crippen LogP contribution in [0.3, 0.4) is 0 Å². The summed E-state index contributed by atoms with van der Waals surface area (Å²) in [6.45, 7) is 9.33. The molecule has 1 unspecified atom stereocenters. The number of likely N-dealkylation sites (N-methyl/N-ethyl adjacent to an activating group) is 1. The molecule has 0 saturated carbocycles. The second-order valence-electron chi connectivity index (χ2n) is 6.46. The molecule has 0 radical (unpaired) electrons. The zero-order valence-corrected chi connectivity index (χ0v) is 15.0. The van der Waals surface area contributed by atoms with Crippen LogP contribution < -0.4 is 10.2 Å². The Morgan fingerprint density at radius 1 is 1.16 bits per heavy atom. The van der Waals surface area contributed by atoms with E-state index in [4.69, 9.17) is 0 Å². The number of anilines is 1. The third-order valence-electron chi connectivity index (χ3n) is 4.82. The zero-order valence-electron chi connectivity index (χ0n) is 15.0. The molecule has 5 nitrogen and oxygen atoms in total. The number of benzene rings is 1. The van der Waals surface area contributed by atoms with Gasteiger partial charge < -0.3 is 15.1 Å². The molecule has 1 atom stereocenters. The highest BCUT2D eigenvalue weighted by Crippen LogP contribution is 2.18. The molecular weight excluding hydrogens is 312 g/mol. The maximum absolute atomic E-state index is 12.6. The first-order chi connectivity index (χ1) is 12.2. The largest absolute Gasteiger partial charge is 0.368 e. The molecule has 1 aliphatic rings. The smallest absolute Gasteiger partial charge is 0.253 e. The summed E-state index contributed by atoms with van der Waals surface area (Å²) in [5.41, 5.74) is 2.73. The summed E-state index contributed by atoms with van der Waals surface area (Å²) in [7, 11) is 0. The average Bonchev–Trinajstić information content (AvgIpc) is 2.68. The van der Waals surface area contributed by atoms with Gasteiger partial charge in [0.25, 0.3) is 5.91 Å². The van der Waals surface area contributed by atoms with Crippen molar-refractivity contribution in [2.24, 2.45) is 0 Å². The van der Waals surface area contributed by atoms with E-state index in [2.05, 4.69) is 27.0 Å². The van der Waals surface area contributed by atoms with Crippen molar-refractivity contribution in [1.29, 1.82) is 0 Å². The van der Waals surface area contributed by atoms with Crippen molar-refractivity contribution in [2.75, 3.05) is 37.6 Å². The molecule has 2 heterocycles. The van der Waals surface area contributed by atoms with Crippen LogP contribution in [0.2, 0.25) is 0 Å². The Labute approximate surface area is 149 Å². The molecular formula is C20H26N4O. The Kier molecular flexibility index (Phi) is 5.66. The second kappa shape index (κ2) is 8.12. The summed E-state index contributed by atoms with van der Waals surface area (Å²) < 4.78 is 0. The van der Waals surface area contributed by atoms with Gasteiger partial charge in [0.2, 0.25) is 0 Å². The summed E-state index contributed by atoms with van der Waals surface area (Å²) in [6.07, 6.45) is 3.48. The molecule has 1 fully saturated rings. The van der Waals surface area contributed by atoms with E-state index < -0.39 is 0 Å². The fourth-order valence-corrected chi connectivity index (χ4v) is 3.15. The maximum atomic E-state index is 12.6. The molecule has 25 heavy (non-hydrogen) atoms. The molecule has 1 amide bonds. The SMILES string of the molecule is CCN1CCN(c2cncc(C(=O)NC(C)c3ccccc3)c2)CC1. The molecule has 1 N–H and O–H groups in total. The normalized spacial score (nSPS) is 16.5. The summed E-state index contributed by atoms with van der Waals surface area (Å²) in [4.78, 5) is 21.6. The first kappa shape index (κ1) is 17.4. The first-order valence-electron chi connectivity index (χ1n) is 8.95. The number of hydrogen-bond acceptors (Lipinski definition) is 4. The van der Waals surface area contributed by atoms with Gasteiger partial charge in [0, 0.05) is 32.4 Å². The minimum Gasteiger partial charge on any atom is -0.368 e.